The molecule has 2 N–H and O–H groups in total. The Morgan fingerprint density at radius 3 is 2.71 bits per heavy atom. The largest absolute Gasteiger partial charge is 0.357 e. The van der Waals surface area contributed by atoms with Crippen LogP contribution in [-0.4, -0.2) is 48.1 Å². The summed E-state index contributed by atoms with van der Waals surface area (Å²) in [5.74, 6) is 2.01. The third kappa shape index (κ3) is 6.88. The third-order valence-corrected chi connectivity index (χ3v) is 5.61. The number of thiazole rings is 1. The van der Waals surface area contributed by atoms with Crippen LogP contribution in [0.2, 0.25) is 0 Å². The lowest BCUT2D eigenvalue weighted by atomic mass is 10.1. The molecule has 0 unspecified atom stereocenters. The van der Waals surface area contributed by atoms with E-state index in [1.54, 1.807) is 11.3 Å². The number of aromatic nitrogens is 2. The highest BCUT2D eigenvalue weighted by atomic mass is 127. The molecule has 1 aliphatic heterocycles. The van der Waals surface area contributed by atoms with Gasteiger partial charge in [0.1, 0.15) is 5.82 Å². The molecule has 2 aromatic heterocycles. The molecule has 0 saturated carbocycles. The van der Waals surface area contributed by atoms with Crippen LogP contribution >= 0.6 is 35.3 Å². The number of hydrogen-bond donors (Lipinski definition) is 2. The molecule has 1 aliphatic rings. The molecular formula is C20H31IN6S. The fraction of sp³-hybridized carbons (Fsp3) is 0.550. The molecule has 0 atom stereocenters. The number of nitrogens with zero attached hydrogens (tertiary/aromatic N) is 4. The zero-order valence-corrected chi connectivity index (χ0v) is 20.1. The van der Waals surface area contributed by atoms with Gasteiger partial charge in [-0.05, 0) is 45.7 Å². The van der Waals surface area contributed by atoms with Crippen molar-refractivity contribution in [2.75, 3.05) is 31.1 Å². The van der Waals surface area contributed by atoms with E-state index in [2.05, 4.69) is 51.5 Å². The lowest BCUT2D eigenvalue weighted by Crippen LogP contribution is -2.49. The molecule has 1 saturated heterocycles. The van der Waals surface area contributed by atoms with Crippen LogP contribution in [0.15, 0.2) is 29.4 Å². The summed E-state index contributed by atoms with van der Waals surface area (Å²) in [6.45, 7) is 9.91. The number of hydrogen-bond acceptors (Lipinski definition) is 5. The lowest BCUT2D eigenvalue weighted by Gasteiger charge is -2.34. The Hall–Kier alpha value is -1.42. The summed E-state index contributed by atoms with van der Waals surface area (Å²) in [5.41, 5.74) is 1.07. The molecular weight excluding hydrogens is 483 g/mol. The van der Waals surface area contributed by atoms with Gasteiger partial charge in [-0.25, -0.2) is 9.97 Å². The highest BCUT2D eigenvalue weighted by molar-refractivity contribution is 14.0. The molecule has 0 bridgehead atoms. The zero-order valence-electron chi connectivity index (χ0n) is 16.9. The second kappa shape index (κ2) is 11.5. The molecule has 0 radical (unpaired) electrons. The fourth-order valence-corrected chi connectivity index (χ4v) is 4.03. The Bertz CT molecular complexity index is 755. The third-order valence-electron chi connectivity index (χ3n) is 4.64. The van der Waals surface area contributed by atoms with E-state index in [0.29, 0.717) is 6.04 Å². The van der Waals surface area contributed by atoms with Crippen LogP contribution in [0.1, 0.15) is 35.3 Å². The van der Waals surface area contributed by atoms with Crippen molar-refractivity contribution in [3.63, 3.8) is 0 Å². The zero-order chi connectivity index (χ0) is 19.1. The van der Waals surface area contributed by atoms with E-state index >= 15 is 0 Å². The van der Waals surface area contributed by atoms with E-state index in [0.717, 1.165) is 67.9 Å². The van der Waals surface area contributed by atoms with Gasteiger partial charge in [0, 0.05) is 55.4 Å². The number of aryl methyl sites for hydroxylation is 2. The number of pyridine rings is 1. The Labute approximate surface area is 189 Å². The number of nitrogens with one attached hydrogen (secondary N) is 2. The molecule has 1 fully saturated rings. The summed E-state index contributed by atoms with van der Waals surface area (Å²) in [5, 5.41) is 8.13. The maximum absolute atomic E-state index is 4.74. The topological polar surface area (TPSA) is 65.4 Å². The van der Waals surface area contributed by atoms with Crippen molar-refractivity contribution >= 4 is 47.1 Å². The number of piperidine rings is 1. The number of rotatable bonds is 6. The van der Waals surface area contributed by atoms with Gasteiger partial charge in [-0.1, -0.05) is 6.07 Å². The molecule has 0 spiro atoms. The summed E-state index contributed by atoms with van der Waals surface area (Å²) in [4.78, 5) is 17.4. The van der Waals surface area contributed by atoms with Crippen molar-refractivity contribution in [2.45, 2.75) is 46.1 Å². The summed E-state index contributed by atoms with van der Waals surface area (Å²) in [6, 6.07) is 6.68. The van der Waals surface area contributed by atoms with E-state index in [1.807, 2.05) is 19.2 Å². The Balaban J connectivity index is 0.00000280. The maximum atomic E-state index is 4.74. The predicted octanol–water partition coefficient (Wildman–Crippen LogP) is 3.54. The van der Waals surface area contributed by atoms with Crippen LogP contribution in [0.4, 0.5) is 5.82 Å². The first kappa shape index (κ1) is 22.9. The molecule has 3 heterocycles. The SMILES string of the molecule is CCNC(=NCCc1ncc(C)s1)NC1CCN(c2cccc(C)n2)CC1.I. The molecule has 0 amide bonds. The molecule has 2 aromatic rings. The average Bonchev–Trinajstić information content (AvgIpc) is 3.08. The van der Waals surface area contributed by atoms with Gasteiger partial charge in [-0.3, -0.25) is 4.99 Å². The number of aliphatic imine (C=N–C) groups is 1. The Kier molecular flexibility index (Phi) is 9.43. The summed E-state index contributed by atoms with van der Waals surface area (Å²) in [7, 11) is 0. The second-order valence-corrected chi connectivity index (χ2v) is 8.24. The first-order valence-electron chi connectivity index (χ1n) is 9.79. The predicted molar refractivity (Wildman–Crippen MR) is 129 cm³/mol. The van der Waals surface area contributed by atoms with E-state index in [9.17, 15) is 0 Å². The molecule has 3 rings (SSSR count). The van der Waals surface area contributed by atoms with E-state index in [-0.39, 0.29) is 24.0 Å². The normalized spacial score (nSPS) is 15.2. The molecule has 6 nitrogen and oxygen atoms in total. The van der Waals surface area contributed by atoms with Gasteiger partial charge in [-0.2, -0.15) is 0 Å². The van der Waals surface area contributed by atoms with Crippen LogP contribution in [-0.2, 0) is 6.42 Å². The summed E-state index contributed by atoms with van der Waals surface area (Å²) >= 11 is 1.75. The molecule has 8 heteroatoms. The highest BCUT2D eigenvalue weighted by Crippen LogP contribution is 2.18. The second-order valence-electron chi connectivity index (χ2n) is 6.92. The van der Waals surface area contributed by atoms with Crippen molar-refractivity contribution in [1.29, 1.82) is 0 Å². The number of halogens is 1. The van der Waals surface area contributed by atoms with Crippen LogP contribution in [0.25, 0.3) is 0 Å². The van der Waals surface area contributed by atoms with E-state index in [4.69, 9.17) is 4.99 Å². The molecule has 0 aliphatic carbocycles. The van der Waals surface area contributed by atoms with E-state index < -0.39 is 0 Å². The van der Waals surface area contributed by atoms with Crippen molar-refractivity contribution in [3.8, 4) is 0 Å². The smallest absolute Gasteiger partial charge is 0.191 e. The van der Waals surface area contributed by atoms with Gasteiger partial charge < -0.3 is 15.5 Å². The van der Waals surface area contributed by atoms with Gasteiger partial charge in [-0.15, -0.1) is 35.3 Å². The Morgan fingerprint density at radius 1 is 1.29 bits per heavy atom. The minimum Gasteiger partial charge on any atom is -0.357 e. The minimum absolute atomic E-state index is 0. The Morgan fingerprint density at radius 2 is 2.07 bits per heavy atom. The molecule has 28 heavy (non-hydrogen) atoms. The van der Waals surface area contributed by atoms with Crippen LogP contribution < -0.4 is 15.5 Å². The van der Waals surface area contributed by atoms with Crippen LogP contribution in [0.3, 0.4) is 0 Å². The van der Waals surface area contributed by atoms with Gasteiger partial charge in [0.25, 0.3) is 0 Å². The monoisotopic (exact) mass is 514 g/mol. The number of guanidine groups is 1. The molecule has 0 aromatic carbocycles. The van der Waals surface area contributed by atoms with Crippen LogP contribution in [0.5, 0.6) is 0 Å². The molecule has 154 valence electrons. The summed E-state index contributed by atoms with van der Waals surface area (Å²) < 4.78 is 0. The minimum atomic E-state index is 0. The van der Waals surface area contributed by atoms with Crippen LogP contribution in [0, 0.1) is 13.8 Å². The fourth-order valence-electron chi connectivity index (χ4n) is 3.25. The van der Waals surface area contributed by atoms with Crippen molar-refractivity contribution in [1.82, 2.24) is 20.6 Å². The van der Waals surface area contributed by atoms with Gasteiger partial charge in [0.2, 0.25) is 0 Å². The van der Waals surface area contributed by atoms with Gasteiger partial charge in [0.15, 0.2) is 5.96 Å². The first-order valence-corrected chi connectivity index (χ1v) is 10.6. The van der Waals surface area contributed by atoms with Gasteiger partial charge in [0.05, 0.1) is 5.01 Å². The van der Waals surface area contributed by atoms with Crippen molar-refractivity contribution in [2.24, 2.45) is 4.99 Å². The standard InChI is InChI=1S/C20H30N6S.HI/c1-4-21-20(22-11-8-19-23-14-16(3)27-19)25-17-9-12-26(13-10-17)18-7-5-6-15(2)24-18;/h5-7,14,17H,4,8-13H2,1-3H3,(H2,21,22,25);1H. The first-order chi connectivity index (χ1) is 13.1. The van der Waals surface area contributed by atoms with Gasteiger partial charge >= 0.3 is 0 Å². The van der Waals surface area contributed by atoms with E-state index in [1.165, 1.54) is 4.88 Å². The maximum Gasteiger partial charge on any atom is 0.191 e. The van der Waals surface area contributed by atoms with Crippen molar-refractivity contribution in [3.05, 3.63) is 40.0 Å². The quantitative estimate of drug-likeness (QED) is 0.351. The number of anilines is 1. The van der Waals surface area contributed by atoms with Crippen molar-refractivity contribution < 1.29 is 0 Å². The summed E-state index contributed by atoms with van der Waals surface area (Å²) in [6.07, 6.45) is 5.01. The lowest BCUT2D eigenvalue weighted by molar-refractivity contribution is 0.459. The average molecular weight is 514 g/mol. The highest BCUT2D eigenvalue weighted by Gasteiger charge is 2.20.